The molecule has 0 saturated carbocycles. The van der Waals surface area contributed by atoms with E-state index < -0.39 is 11.7 Å². The van der Waals surface area contributed by atoms with Crippen LogP contribution >= 0.6 is 0 Å². The summed E-state index contributed by atoms with van der Waals surface area (Å²) in [4.78, 5) is 31.0. The van der Waals surface area contributed by atoms with Crippen LogP contribution in [0.25, 0.3) is 0 Å². The molecule has 0 bridgehead atoms. The lowest BCUT2D eigenvalue weighted by atomic mass is 10.1. The number of hydrogen-bond acceptors (Lipinski definition) is 4. The number of hydrogen-bond donors (Lipinski definition) is 2. The van der Waals surface area contributed by atoms with Crippen LogP contribution in [0.3, 0.4) is 0 Å². The highest BCUT2D eigenvalue weighted by molar-refractivity contribution is 6.06. The molecule has 1 heterocycles. The maximum Gasteiger partial charge on any atom is 0.258 e. The molecule has 0 aliphatic rings. The molecule has 0 spiro atoms. The Labute approximate surface area is 168 Å². The van der Waals surface area contributed by atoms with E-state index in [1.165, 1.54) is 18.2 Å². The van der Waals surface area contributed by atoms with Gasteiger partial charge in [0.1, 0.15) is 5.82 Å². The first-order valence-corrected chi connectivity index (χ1v) is 9.00. The average molecular weight is 392 g/mol. The van der Waals surface area contributed by atoms with Crippen molar-refractivity contribution in [2.45, 2.75) is 6.54 Å². The minimum atomic E-state index is -0.607. The Morgan fingerprint density at radius 2 is 1.79 bits per heavy atom. The fourth-order valence-corrected chi connectivity index (χ4v) is 2.81. The van der Waals surface area contributed by atoms with Crippen molar-refractivity contribution in [3.05, 3.63) is 89.5 Å². The van der Waals surface area contributed by atoms with Gasteiger partial charge in [0, 0.05) is 44.4 Å². The van der Waals surface area contributed by atoms with Gasteiger partial charge in [-0.15, -0.1) is 0 Å². The smallest absolute Gasteiger partial charge is 0.258 e. The number of nitrogens with one attached hydrogen (secondary N) is 2. The van der Waals surface area contributed by atoms with Crippen molar-refractivity contribution in [1.82, 2.24) is 10.3 Å². The molecule has 0 radical (unpaired) electrons. The minimum Gasteiger partial charge on any atom is -0.377 e. The number of amides is 2. The van der Waals surface area contributed by atoms with Gasteiger partial charge in [-0.05, 0) is 42.0 Å². The van der Waals surface area contributed by atoms with Crippen molar-refractivity contribution in [1.29, 1.82) is 0 Å². The third-order valence-electron chi connectivity index (χ3n) is 4.28. The maximum absolute atomic E-state index is 13.8. The molecule has 0 fully saturated rings. The number of pyridine rings is 1. The number of anilines is 2. The number of rotatable bonds is 6. The highest BCUT2D eigenvalue weighted by Crippen LogP contribution is 2.24. The third-order valence-corrected chi connectivity index (χ3v) is 4.28. The van der Waals surface area contributed by atoms with Gasteiger partial charge in [0.05, 0.1) is 11.1 Å². The summed E-state index contributed by atoms with van der Waals surface area (Å²) in [5.41, 5.74) is 2.29. The van der Waals surface area contributed by atoms with Gasteiger partial charge in [-0.1, -0.05) is 18.2 Å². The molecular formula is C22H21FN4O2. The van der Waals surface area contributed by atoms with E-state index in [4.69, 9.17) is 0 Å². The highest BCUT2D eigenvalue weighted by atomic mass is 19.1. The fraction of sp³-hybridized carbons (Fsp3) is 0.136. The number of carbonyl (C=O) groups excluding carboxylic acids is 2. The van der Waals surface area contributed by atoms with Crippen molar-refractivity contribution in [3.63, 3.8) is 0 Å². The Morgan fingerprint density at radius 1 is 1.00 bits per heavy atom. The summed E-state index contributed by atoms with van der Waals surface area (Å²) in [6.07, 6.45) is 3.34. The van der Waals surface area contributed by atoms with E-state index in [0.29, 0.717) is 23.5 Å². The Bertz CT molecular complexity index is 1020. The van der Waals surface area contributed by atoms with Gasteiger partial charge in [-0.2, -0.15) is 0 Å². The predicted molar refractivity (Wildman–Crippen MR) is 111 cm³/mol. The quantitative estimate of drug-likeness (QED) is 0.674. The van der Waals surface area contributed by atoms with Crippen molar-refractivity contribution in [3.8, 4) is 0 Å². The summed E-state index contributed by atoms with van der Waals surface area (Å²) < 4.78 is 13.8. The van der Waals surface area contributed by atoms with E-state index in [1.54, 1.807) is 47.6 Å². The predicted octanol–water partition coefficient (Wildman–Crippen LogP) is 3.47. The molecule has 2 aromatic carbocycles. The SMILES string of the molecule is CN(C)c1ccc(NC(=O)c2ccccc2F)cc1C(=O)NCc1cccnc1. The molecule has 1 aromatic heterocycles. The first-order valence-electron chi connectivity index (χ1n) is 9.00. The zero-order valence-electron chi connectivity index (χ0n) is 16.1. The zero-order chi connectivity index (χ0) is 20.8. The van der Waals surface area contributed by atoms with E-state index in [-0.39, 0.29) is 11.5 Å². The molecule has 2 N–H and O–H groups in total. The van der Waals surface area contributed by atoms with Gasteiger partial charge in [-0.3, -0.25) is 14.6 Å². The average Bonchev–Trinajstić information content (AvgIpc) is 2.72. The van der Waals surface area contributed by atoms with Gasteiger partial charge < -0.3 is 15.5 Å². The summed E-state index contributed by atoms with van der Waals surface area (Å²) in [5.74, 6) is -1.48. The highest BCUT2D eigenvalue weighted by Gasteiger charge is 2.16. The van der Waals surface area contributed by atoms with Crippen LogP contribution in [0.1, 0.15) is 26.3 Å². The first kappa shape index (κ1) is 20.0. The molecule has 7 heteroatoms. The van der Waals surface area contributed by atoms with Crippen LogP contribution in [0.15, 0.2) is 67.0 Å². The Kier molecular flexibility index (Phi) is 6.19. The summed E-state index contributed by atoms with van der Waals surface area (Å²) in [6.45, 7) is 0.325. The molecule has 3 aromatic rings. The van der Waals surface area contributed by atoms with Gasteiger partial charge >= 0.3 is 0 Å². The third kappa shape index (κ3) is 4.95. The molecule has 148 valence electrons. The monoisotopic (exact) mass is 392 g/mol. The second-order valence-electron chi connectivity index (χ2n) is 6.60. The van der Waals surface area contributed by atoms with E-state index in [9.17, 15) is 14.0 Å². The van der Waals surface area contributed by atoms with E-state index >= 15 is 0 Å². The Morgan fingerprint density at radius 3 is 2.48 bits per heavy atom. The molecule has 0 atom stereocenters. The number of nitrogens with zero attached hydrogens (tertiary/aromatic N) is 2. The van der Waals surface area contributed by atoms with E-state index in [2.05, 4.69) is 15.6 Å². The van der Waals surface area contributed by atoms with Crippen molar-refractivity contribution < 1.29 is 14.0 Å². The minimum absolute atomic E-state index is 0.0632. The van der Waals surface area contributed by atoms with Gasteiger partial charge in [0.2, 0.25) is 0 Å². The second kappa shape index (κ2) is 8.97. The maximum atomic E-state index is 13.8. The van der Waals surface area contributed by atoms with Crippen LogP contribution in [0.5, 0.6) is 0 Å². The Hall–Kier alpha value is -3.74. The normalized spacial score (nSPS) is 10.3. The number of aromatic nitrogens is 1. The van der Waals surface area contributed by atoms with Crippen LogP contribution in [-0.4, -0.2) is 30.9 Å². The van der Waals surface area contributed by atoms with Crippen LogP contribution in [0.2, 0.25) is 0 Å². The van der Waals surface area contributed by atoms with Crippen LogP contribution in [-0.2, 0) is 6.54 Å². The molecular weight excluding hydrogens is 371 g/mol. The fourth-order valence-electron chi connectivity index (χ4n) is 2.81. The molecule has 29 heavy (non-hydrogen) atoms. The van der Waals surface area contributed by atoms with Crippen molar-refractivity contribution in [2.75, 3.05) is 24.3 Å². The lowest BCUT2D eigenvalue weighted by Crippen LogP contribution is -2.26. The van der Waals surface area contributed by atoms with E-state index in [1.807, 2.05) is 20.2 Å². The van der Waals surface area contributed by atoms with Gasteiger partial charge in [0.15, 0.2) is 0 Å². The van der Waals surface area contributed by atoms with Crippen LogP contribution in [0, 0.1) is 5.82 Å². The molecule has 3 rings (SSSR count). The van der Waals surface area contributed by atoms with E-state index in [0.717, 1.165) is 5.56 Å². The van der Waals surface area contributed by atoms with Crippen molar-refractivity contribution >= 4 is 23.2 Å². The number of carbonyl (C=O) groups is 2. The summed E-state index contributed by atoms with van der Waals surface area (Å²) in [6, 6.07) is 14.4. The van der Waals surface area contributed by atoms with Crippen LogP contribution in [0.4, 0.5) is 15.8 Å². The molecule has 0 saturated heterocycles. The summed E-state index contributed by atoms with van der Waals surface area (Å²) >= 11 is 0. The molecule has 6 nitrogen and oxygen atoms in total. The summed E-state index contributed by atoms with van der Waals surface area (Å²) in [7, 11) is 3.65. The number of benzene rings is 2. The first-order chi connectivity index (χ1) is 14.0. The Balaban J connectivity index is 1.81. The molecule has 0 aliphatic heterocycles. The topological polar surface area (TPSA) is 74.3 Å². The second-order valence-corrected chi connectivity index (χ2v) is 6.60. The molecule has 0 aliphatic carbocycles. The van der Waals surface area contributed by atoms with Gasteiger partial charge in [-0.25, -0.2) is 4.39 Å². The molecule has 2 amide bonds. The lowest BCUT2D eigenvalue weighted by molar-refractivity contribution is 0.0950. The summed E-state index contributed by atoms with van der Waals surface area (Å²) in [5, 5.41) is 5.50. The van der Waals surface area contributed by atoms with Crippen molar-refractivity contribution in [2.24, 2.45) is 0 Å². The molecule has 0 unspecified atom stereocenters. The number of halogens is 1. The zero-order valence-corrected chi connectivity index (χ0v) is 16.1. The van der Waals surface area contributed by atoms with Gasteiger partial charge in [0.25, 0.3) is 11.8 Å². The largest absolute Gasteiger partial charge is 0.377 e. The lowest BCUT2D eigenvalue weighted by Gasteiger charge is -2.18. The van der Waals surface area contributed by atoms with Crippen LogP contribution < -0.4 is 15.5 Å². The standard InChI is InChI=1S/C22H21FN4O2/c1-27(2)20-10-9-16(26-22(29)17-7-3-4-8-19(17)23)12-18(20)21(28)25-14-15-6-5-11-24-13-15/h3-13H,14H2,1-2H3,(H,25,28)(H,26,29).